The Morgan fingerprint density at radius 1 is 1.40 bits per heavy atom. The highest BCUT2D eigenvalue weighted by atomic mass is 15.0. The zero-order chi connectivity index (χ0) is 11.3. The second kappa shape index (κ2) is 5.66. The van der Waals surface area contributed by atoms with E-state index in [9.17, 15) is 0 Å². The van der Waals surface area contributed by atoms with Crippen molar-refractivity contribution < 1.29 is 0 Å². The van der Waals surface area contributed by atoms with Crippen LogP contribution in [-0.2, 0) is 0 Å². The summed E-state index contributed by atoms with van der Waals surface area (Å²) in [6.07, 6.45) is 1.04. The molecule has 1 unspecified atom stereocenters. The molecule has 3 N–H and O–H groups in total. The van der Waals surface area contributed by atoms with E-state index < -0.39 is 0 Å². The van der Waals surface area contributed by atoms with Gasteiger partial charge in [-0.2, -0.15) is 0 Å². The third kappa shape index (κ3) is 4.25. The van der Waals surface area contributed by atoms with E-state index in [0.717, 1.165) is 36.8 Å². The van der Waals surface area contributed by atoms with Gasteiger partial charge in [-0.1, -0.05) is 6.92 Å². The summed E-state index contributed by atoms with van der Waals surface area (Å²) in [5, 5.41) is 3.30. The Labute approximate surface area is 91.3 Å². The molecular weight excluding hydrogens is 188 g/mol. The summed E-state index contributed by atoms with van der Waals surface area (Å²) in [4.78, 5) is 8.54. The first-order valence-corrected chi connectivity index (χ1v) is 5.38. The van der Waals surface area contributed by atoms with E-state index in [1.807, 2.05) is 19.9 Å². The molecular formula is C11H20N4. The van der Waals surface area contributed by atoms with E-state index in [-0.39, 0.29) is 0 Å². The molecule has 0 spiro atoms. The first kappa shape index (κ1) is 11.9. The minimum atomic E-state index is 0.575. The van der Waals surface area contributed by atoms with Crippen LogP contribution >= 0.6 is 0 Å². The van der Waals surface area contributed by atoms with Crippen molar-refractivity contribution in [1.82, 2.24) is 9.97 Å². The van der Waals surface area contributed by atoms with E-state index >= 15 is 0 Å². The number of hydrogen-bond donors (Lipinski definition) is 2. The summed E-state index contributed by atoms with van der Waals surface area (Å²) >= 11 is 0. The molecule has 4 nitrogen and oxygen atoms in total. The molecule has 0 amide bonds. The van der Waals surface area contributed by atoms with Gasteiger partial charge in [0, 0.05) is 18.3 Å². The molecule has 1 heterocycles. The third-order valence-electron chi connectivity index (χ3n) is 2.26. The minimum Gasteiger partial charge on any atom is -0.370 e. The van der Waals surface area contributed by atoms with E-state index in [1.165, 1.54) is 0 Å². The monoisotopic (exact) mass is 208 g/mol. The lowest BCUT2D eigenvalue weighted by Crippen LogP contribution is -2.16. The smallest absolute Gasteiger partial charge is 0.129 e. The lowest BCUT2D eigenvalue weighted by Gasteiger charge is -2.12. The van der Waals surface area contributed by atoms with Gasteiger partial charge in [0.25, 0.3) is 0 Å². The fraction of sp³-hybridized carbons (Fsp3) is 0.636. The van der Waals surface area contributed by atoms with Crippen LogP contribution < -0.4 is 11.1 Å². The van der Waals surface area contributed by atoms with Gasteiger partial charge in [-0.15, -0.1) is 0 Å². The summed E-state index contributed by atoms with van der Waals surface area (Å²) in [6, 6.07) is 1.96. The van der Waals surface area contributed by atoms with Gasteiger partial charge < -0.3 is 11.1 Å². The third-order valence-corrected chi connectivity index (χ3v) is 2.26. The Morgan fingerprint density at radius 2 is 2.13 bits per heavy atom. The normalized spacial score (nSPS) is 12.5. The lowest BCUT2D eigenvalue weighted by atomic mass is 10.1. The molecule has 0 radical (unpaired) electrons. The highest BCUT2D eigenvalue weighted by molar-refractivity contribution is 5.35. The van der Waals surface area contributed by atoms with E-state index in [1.54, 1.807) is 0 Å². The first-order valence-electron chi connectivity index (χ1n) is 5.38. The number of nitrogens with zero attached hydrogens (tertiary/aromatic N) is 2. The van der Waals surface area contributed by atoms with E-state index in [2.05, 4.69) is 22.2 Å². The molecule has 0 saturated carbocycles. The number of rotatable bonds is 5. The Hall–Kier alpha value is -1.16. The van der Waals surface area contributed by atoms with Gasteiger partial charge in [0.1, 0.15) is 11.6 Å². The van der Waals surface area contributed by atoms with Crippen molar-refractivity contribution in [3.63, 3.8) is 0 Å². The molecule has 0 aliphatic carbocycles. The molecule has 0 bridgehead atoms. The van der Waals surface area contributed by atoms with Gasteiger partial charge in [-0.3, -0.25) is 0 Å². The summed E-state index contributed by atoms with van der Waals surface area (Å²) in [6.45, 7) is 7.71. The maximum atomic E-state index is 5.49. The van der Waals surface area contributed by atoms with Gasteiger partial charge in [0.15, 0.2) is 0 Å². The minimum absolute atomic E-state index is 0.575. The van der Waals surface area contributed by atoms with Crippen LogP contribution in [0.4, 0.5) is 5.82 Å². The molecule has 0 aromatic carbocycles. The number of aromatic nitrogens is 2. The standard InChI is InChI=1S/C11H20N4/c1-8(4-5-12)7-13-11-6-9(2)14-10(3)15-11/h6,8H,4-5,7,12H2,1-3H3,(H,13,14,15). The number of aryl methyl sites for hydroxylation is 2. The van der Waals surface area contributed by atoms with Crippen molar-refractivity contribution in [2.75, 3.05) is 18.4 Å². The van der Waals surface area contributed by atoms with Crippen molar-refractivity contribution in [1.29, 1.82) is 0 Å². The molecule has 0 aliphatic heterocycles. The van der Waals surface area contributed by atoms with Crippen LogP contribution in [0.5, 0.6) is 0 Å². The molecule has 15 heavy (non-hydrogen) atoms. The number of hydrogen-bond acceptors (Lipinski definition) is 4. The van der Waals surface area contributed by atoms with Crippen LogP contribution in [0.15, 0.2) is 6.07 Å². The highest BCUT2D eigenvalue weighted by Crippen LogP contribution is 2.07. The summed E-state index contributed by atoms with van der Waals surface area (Å²) in [5.74, 6) is 2.29. The van der Waals surface area contributed by atoms with Crippen LogP contribution in [0, 0.1) is 19.8 Å². The molecule has 0 aliphatic rings. The molecule has 1 atom stereocenters. The fourth-order valence-electron chi connectivity index (χ4n) is 1.47. The van der Waals surface area contributed by atoms with E-state index in [4.69, 9.17) is 5.73 Å². The number of anilines is 1. The average Bonchev–Trinajstić information content (AvgIpc) is 2.14. The quantitative estimate of drug-likeness (QED) is 0.769. The lowest BCUT2D eigenvalue weighted by molar-refractivity contribution is 0.567. The van der Waals surface area contributed by atoms with Crippen LogP contribution in [0.2, 0.25) is 0 Å². The van der Waals surface area contributed by atoms with Gasteiger partial charge in [-0.25, -0.2) is 9.97 Å². The maximum absolute atomic E-state index is 5.49. The Kier molecular flexibility index (Phi) is 4.49. The van der Waals surface area contributed by atoms with Crippen LogP contribution in [0.25, 0.3) is 0 Å². The second-order valence-electron chi connectivity index (χ2n) is 4.01. The molecule has 1 rings (SSSR count). The Bertz CT molecular complexity index is 291. The summed E-state index contributed by atoms with van der Waals surface area (Å²) in [7, 11) is 0. The van der Waals surface area contributed by atoms with Crippen molar-refractivity contribution in [3.8, 4) is 0 Å². The zero-order valence-electron chi connectivity index (χ0n) is 9.75. The Morgan fingerprint density at radius 3 is 2.73 bits per heavy atom. The maximum Gasteiger partial charge on any atom is 0.129 e. The largest absolute Gasteiger partial charge is 0.370 e. The average molecular weight is 208 g/mol. The molecule has 0 saturated heterocycles. The molecule has 84 valence electrons. The van der Waals surface area contributed by atoms with Crippen LogP contribution in [0.3, 0.4) is 0 Å². The van der Waals surface area contributed by atoms with Crippen LogP contribution in [0.1, 0.15) is 24.9 Å². The Balaban J connectivity index is 2.50. The SMILES string of the molecule is Cc1cc(NCC(C)CCN)nc(C)n1. The summed E-state index contributed by atoms with van der Waals surface area (Å²) < 4.78 is 0. The predicted octanol–water partition coefficient (Wildman–Crippen LogP) is 1.49. The molecule has 1 aromatic heterocycles. The van der Waals surface area contributed by atoms with Gasteiger partial charge in [-0.05, 0) is 32.7 Å². The van der Waals surface area contributed by atoms with Gasteiger partial charge in [0.2, 0.25) is 0 Å². The molecule has 4 heteroatoms. The molecule has 0 fully saturated rings. The second-order valence-corrected chi connectivity index (χ2v) is 4.01. The van der Waals surface area contributed by atoms with Crippen molar-refractivity contribution in [2.45, 2.75) is 27.2 Å². The van der Waals surface area contributed by atoms with Gasteiger partial charge >= 0.3 is 0 Å². The first-order chi connectivity index (χ1) is 7.11. The zero-order valence-corrected chi connectivity index (χ0v) is 9.75. The fourth-order valence-corrected chi connectivity index (χ4v) is 1.47. The number of nitrogens with two attached hydrogens (primary N) is 1. The number of nitrogens with one attached hydrogen (secondary N) is 1. The van der Waals surface area contributed by atoms with Crippen molar-refractivity contribution in [3.05, 3.63) is 17.6 Å². The highest BCUT2D eigenvalue weighted by Gasteiger charge is 2.02. The van der Waals surface area contributed by atoms with Crippen molar-refractivity contribution >= 4 is 5.82 Å². The molecule has 1 aromatic rings. The van der Waals surface area contributed by atoms with Crippen molar-refractivity contribution in [2.24, 2.45) is 11.7 Å². The topological polar surface area (TPSA) is 63.8 Å². The van der Waals surface area contributed by atoms with Gasteiger partial charge in [0.05, 0.1) is 0 Å². The van der Waals surface area contributed by atoms with Crippen LogP contribution in [-0.4, -0.2) is 23.1 Å². The van der Waals surface area contributed by atoms with E-state index in [0.29, 0.717) is 5.92 Å². The predicted molar refractivity (Wildman–Crippen MR) is 62.8 cm³/mol. The summed E-state index contributed by atoms with van der Waals surface area (Å²) in [5.41, 5.74) is 6.49.